The number of amides is 2. The van der Waals surface area contributed by atoms with Gasteiger partial charge in [-0.25, -0.2) is 4.79 Å². The van der Waals surface area contributed by atoms with Crippen molar-refractivity contribution in [2.75, 3.05) is 25.5 Å². The fourth-order valence-corrected chi connectivity index (χ4v) is 3.04. The zero-order valence-corrected chi connectivity index (χ0v) is 14.2. The standard InChI is InChI=1S/C17H23ClN2O3/c1-2-20(16(21)12-18)15-8-10-19(11-9-15)17(22)23-13-14-6-4-3-5-7-14/h3-7,15H,2,8-13H2,1H3. The van der Waals surface area contributed by atoms with Gasteiger partial charge in [-0.2, -0.15) is 0 Å². The van der Waals surface area contributed by atoms with Crippen LogP contribution < -0.4 is 0 Å². The second-order valence-electron chi connectivity index (χ2n) is 5.57. The SMILES string of the molecule is CCN(C(=O)CCl)C1CCN(C(=O)OCc2ccccc2)CC1. The van der Waals surface area contributed by atoms with Crippen LogP contribution in [0.2, 0.25) is 0 Å². The van der Waals surface area contributed by atoms with Crippen molar-refractivity contribution >= 4 is 23.6 Å². The van der Waals surface area contributed by atoms with Crippen molar-refractivity contribution in [3.8, 4) is 0 Å². The maximum absolute atomic E-state index is 12.1. The molecule has 1 saturated heterocycles. The van der Waals surface area contributed by atoms with Gasteiger partial charge < -0.3 is 14.5 Å². The molecule has 0 saturated carbocycles. The number of nitrogens with zero attached hydrogens (tertiary/aromatic N) is 2. The van der Waals surface area contributed by atoms with Crippen molar-refractivity contribution in [1.29, 1.82) is 0 Å². The van der Waals surface area contributed by atoms with Gasteiger partial charge in [0, 0.05) is 25.7 Å². The number of alkyl halides is 1. The molecular weight excluding hydrogens is 316 g/mol. The summed E-state index contributed by atoms with van der Waals surface area (Å²) < 4.78 is 5.34. The molecule has 5 nitrogen and oxygen atoms in total. The van der Waals surface area contributed by atoms with Crippen LogP contribution in [0.15, 0.2) is 30.3 Å². The third-order valence-electron chi connectivity index (χ3n) is 4.14. The van der Waals surface area contributed by atoms with E-state index >= 15 is 0 Å². The Labute approximate surface area is 142 Å². The summed E-state index contributed by atoms with van der Waals surface area (Å²) in [7, 11) is 0. The first-order valence-corrected chi connectivity index (χ1v) is 8.50. The topological polar surface area (TPSA) is 49.9 Å². The summed E-state index contributed by atoms with van der Waals surface area (Å²) in [5.74, 6) is -0.0352. The second-order valence-corrected chi connectivity index (χ2v) is 5.84. The molecule has 23 heavy (non-hydrogen) atoms. The van der Waals surface area contributed by atoms with Crippen LogP contribution in [-0.2, 0) is 16.1 Å². The summed E-state index contributed by atoms with van der Waals surface area (Å²) >= 11 is 5.65. The lowest BCUT2D eigenvalue weighted by atomic mass is 10.0. The van der Waals surface area contributed by atoms with Gasteiger partial charge >= 0.3 is 6.09 Å². The van der Waals surface area contributed by atoms with Gasteiger partial charge in [0.25, 0.3) is 0 Å². The third-order valence-corrected chi connectivity index (χ3v) is 4.37. The largest absolute Gasteiger partial charge is 0.445 e. The molecular formula is C17H23ClN2O3. The number of piperidine rings is 1. The van der Waals surface area contributed by atoms with Gasteiger partial charge in [-0.1, -0.05) is 30.3 Å². The lowest BCUT2D eigenvalue weighted by Gasteiger charge is -2.37. The molecule has 2 amide bonds. The Bertz CT molecular complexity index is 516. The Balaban J connectivity index is 1.79. The van der Waals surface area contributed by atoms with Gasteiger partial charge in [0.15, 0.2) is 0 Å². The average Bonchev–Trinajstić information content (AvgIpc) is 2.61. The second kappa shape index (κ2) is 8.77. The molecule has 1 aromatic carbocycles. The van der Waals surface area contributed by atoms with Crippen molar-refractivity contribution in [3.05, 3.63) is 35.9 Å². The maximum atomic E-state index is 12.1. The van der Waals surface area contributed by atoms with E-state index in [0.29, 0.717) is 19.6 Å². The highest BCUT2D eigenvalue weighted by Gasteiger charge is 2.28. The number of ether oxygens (including phenoxy) is 1. The minimum atomic E-state index is -0.293. The smallest absolute Gasteiger partial charge is 0.410 e. The number of halogens is 1. The number of carbonyl (C=O) groups is 2. The van der Waals surface area contributed by atoms with E-state index in [1.807, 2.05) is 37.3 Å². The van der Waals surface area contributed by atoms with E-state index < -0.39 is 0 Å². The van der Waals surface area contributed by atoms with Gasteiger partial charge in [-0.05, 0) is 25.3 Å². The quantitative estimate of drug-likeness (QED) is 0.776. The Kier molecular flexibility index (Phi) is 6.71. The molecule has 0 aliphatic carbocycles. The van der Waals surface area contributed by atoms with Crippen LogP contribution in [0.3, 0.4) is 0 Å². The number of rotatable bonds is 5. The molecule has 1 aliphatic rings. The molecule has 0 unspecified atom stereocenters. The molecule has 0 aromatic heterocycles. The van der Waals surface area contributed by atoms with Crippen LogP contribution in [0.25, 0.3) is 0 Å². The van der Waals surface area contributed by atoms with E-state index in [0.717, 1.165) is 18.4 Å². The van der Waals surface area contributed by atoms with Gasteiger partial charge in [0.2, 0.25) is 5.91 Å². The zero-order valence-electron chi connectivity index (χ0n) is 13.4. The van der Waals surface area contributed by atoms with E-state index in [2.05, 4.69) is 0 Å². The first-order valence-electron chi connectivity index (χ1n) is 7.96. The Morgan fingerprint density at radius 1 is 1.26 bits per heavy atom. The minimum Gasteiger partial charge on any atom is -0.445 e. The summed E-state index contributed by atoms with van der Waals surface area (Å²) in [6.07, 6.45) is 1.23. The van der Waals surface area contributed by atoms with Crippen LogP contribution >= 0.6 is 11.6 Å². The van der Waals surface area contributed by atoms with Crippen LogP contribution in [0.1, 0.15) is 25.3 Å². The Hall–Kier alpha value is -1.75. The summed E-state index contributed by atoms with van der Waals surface area (Å²) in [5, 5.41) is 0. The lowest BCUT2D eigenvalue weighted by molar-refractivity contribution is -0.131. The summed E-state index contributed by atoms with van der Waals surface area (Å²) in [5.41, 5.74) is 0.973. The highest BCUT2D eigenvalue weighted by atomic mass is 35.5. The molecule has 6 heteroatoms. The fraction of sp³-hybridized carbons (Fsp3) is 0.529. The predicted molar refractivity (Wildman–Crippen MR) is 89.3 cm³/mol. The predicted octanol–water partition coefficient (Wildman–Crippen LogP) is 2.87. The third kappa shape index (κ3) is 4.86. The van der Waals surface area contributed by atoms with Gasteiger partial charge in [-0.15, -0.1) is 11.6 Å². The van der Waals surface area contributed by atoms with E-state index in [-0.39, 0.29) is 30.5 Å². The summed E-state index contributed by atoms with van der Waals surface area (Å²) in [6.45, 7) is 4.08. The summed E-state index contributed by atoms with van der Waals surface area (Å²) in [6, 6.07) is 9.78. The molecule has 0 bridgehead atoms. The maximum Gasteiger partial charge on any atom is 0.410 e. The van der Waals surface area contributed by atoms with Crippen molar-refractivity contribution in [1.82, 2.24) is 9.80 Å². The van der Waals surface area contributed by atoms with Gasteiger partial charge in [0.1, 0.15) is 12.5 Å². The number of hydrogen-bond acceptors (Lipinski definition) is 3. The van der Waals surface area contributed by atoms with Crippen LogP contribution in [0.5, 0.6) is 0 Å². The Morgan fingerprint density at radius 3 is 2.48 bits per heavy atom. The molecule has 2 rings (SSSR count). The molecule has 0 spiro atoms. The van der Waals surface area contributed by atoms with Crippen molar-refractivity contribution in [2.45, 2.75) is 32.4 Å². The molecule has 0 radical (unpaired) electrons. The minimum absolute atomic E-state index is 0.00711. The molecule has 1 aromatic rings. The number of carbonyl (C=O) groups excluding carboxylic acids is 2. The fourth-order valence-electron chi connectivity index (χ4n) is 2.89. The van der Waals surface area contributed by atoms with E-state index in [1.54, 1.807) is 9.80 Å². The van der Waals surface area contributed by atoms with Crippen LogP contribution in [0, 0.1) is 0 Å². The molecule has 0 N–H and O–H groups in total. The zero-order chi connectivity index (χ0) is 16.7. The van der Waals surface area contributed by atoms with E-state index in [1.165, 1.54) is 0 Å². The highest BCUT2D eigenvalue weighted by molar-refractivity contribution is 6.27. The van der Waals surface area contributed by atoms with Crippen molar-refractivity contribution in [3.63, 3.8) is 0 Å². The van der Waals surface area contributed by atoms with Gasteiger partial charge in [0.05, 0.1) is 0 Å². The molecule has 1 aliphatic heterocycles. The first kappa shape index (κ1) is 17.6. The lowest BCUT2D eigenvalue weighted by Crippen LogP contribution is -2.49. The molecule has 0 atom stereocenters. The average molecular weight is 339 g/mol. The van der Waals surface area contributed by atoms with Crippen molar-refractivity contribution in [2.24, 2.45) is 0 Å². The molecule has 1 fully saturated rings. The highest BCUT2D eigenvalue weighted by Crippen LogP contribution is 2.18. The van der Waals surface area contributed by atoms with E-state index in [9.17, 15) is 9.59 Å². The number of benzene rings is 1. The summed E-state index contributed by atoms with van der Waals surface area (Å²) in [4.78, 5) is 27.4. The normalized spacial score (nSPS) is 15.3. The first-order chi connectivity index (χ1) is 11.2. The molecule has 1 heterocycles. The van der Waals surface area contributed by atoms with Gasteiger partial charge in [-0.3, -0.25) is 4.79 Å². The van der Waals surface area contributed by atoms with Crippen LogP contribution in [0.4, 0.5) is 4.79 Å². The van der Waals surface area contributed by atoms with Crippen LogP contribution in [-0.4, -0.2) is 53.4 Å². The monoisotopic (exact) mass is 338 g/mol. The Morgan fingerprint density at radius 2 is 1.91 bits per heavy atom. The van der Waals surface area contributed by atoms with E-state index in [4.69, 9.17) is 16.3 Å². The molecule has 126 valence electrons. The van der Waals surface area contributed by atoms with Crippen molar-refractivity contribution < 1.29 is 14.3 Å². The number of likely N-dealkylation sites (tertiary alicyclic amines) is 1. The number of hydrogen-bond donors (Lipinski definition) is 0.